The Kier molecular flexibility index (Phi) is 7.02. The van der Waals surface area contributed by atoms with Gasteiger partial charge in [-0.15, -0.1) is 0 Å². The van der Waals surface area contributed by atoms with Crippen molar-refractivity contribution in [2.45, 2.75) is 26.2 Å². The minimum atomic E-state index is -0.419. The van der Waals surface area contributed by atoms with E-state index in [-0.39, 0.29) is 5.91 Å². The van der Waals surface area contributed by atoms with E-state index in [1.54, 1.807) is 18.2 Å². The van der Waals surface area contributed by atoms with Gasteiger partial charge in [0.15, 0.2) is 11.5 Å². The Balaban J connectivity index is 1.77. The van der Waals surface area contributed by atoms with Gasteiger partial charge < -0.3 is 9.47 Å². The fourth-order valence-electron chi connectivity index (χ4n) is 2.45. The number of nitrogens with one attached hydrogen (secondary N) is 2. The number of rotatable bonds is 7. The van der Waals surface area contributed by atoms with Crippen molar-refractivity contribution in [2.75, 3.05) is 14.2 Å². The molecule has 0 aliphatic rings. The molecule has 2 aromatic rings. The molecule has 0 aliphatic heterocycles. The molecule has 0 unspecified atom stereocenters. The first-order valence-corrected chi connectivity index (χ1v) is 8.40. The quantitative estimate of drug-likeness (QED) is 0.748. The van der Waals surface area contributed by atoms with E-state index >= 15 is 0 Å². The van der Waals surface area contributed by atoms with Gasteiger partial charge in [-0.2, -0.15) is 0 Å². The van der Waals surface area contributed by atoms with Crippen molar-refractivity contribution < 1.29 is 19.1 Å². The van der Waals surface area contributed by atoms with Crippen LogP contribution in [0.1, 0.15) is 34.3 Å². The lowest BCUT2D eigenvalue weighted by molar-refractivity contribution is -0.121. The first kappa shape index (κ1) is 19.3. The summed E-state index contributed by atoms with van der Waals surface area (Å²) in [6.45, 7) is 2.04. The molecular weight excluding hydrogens is 332 g/mol. The van der Waals surface area contributed by atoms with Crippen molar-refractivity contribution >= 4 is 11.8 Å². The Labute approximate surface area is 153 Å². The van der Waals surface area contributed by atoms with Crippen LogP contribution in [0.2, 0.25) is 0 Å². The molecule has 0 saturated carbocycles. The second-order valence-electron chi connectivity index (χ2n) is 5.91. The maximum atomic E-state index is 12.1. The number of benzene rings is 2. The number of methoxy groups -OCH3 is 2. The zero-order chi connectivity index (χ0) is 18.9. The third-order valence-electron chi connectivity index (χ3n) is 3.95. The molecule has 0 aliphatic carbocycles. The van der Waals surface area contributed by atoms with Crippen LogP contribution in [0.5, 0.6) is 11.5 Å². The van der Waals surface area contributed by atoms with Gasteiger partial charge >= 0.3 is 0 Å². The van der Waals surface area contributed by atoms with Crippen LogP contribution >= 0.6 is 0 Å². The van der Waals surface area contributed by atoms with Crippen molar-refractivity contribution in [3.63, 3.8) is 0 Å². The highest BCUT2D eigenvalue weighted by Crippen LogP contribution is 2.27. The Hall–Kier alpha value is -3.02. The molecule has 2 rings (SSSR count). The van der Waals surface area contributed by atoms with Gasteiger partial charge in [-0.25, -0.2) is 0 Å². The molecular formula is C20H24N2O4. The molecule has 26 heavy (non-hydrogen) atoms. The second-order valence-corrected chi connectivity index (χ2v) is 5.91. The van der Waals surface area contributed by atoms with Gasteiger partial charge in [0.25, 0.3) is 5.91 Å². The second kappa shape index (κ2) is 9.46. The van der Waals surface area contributed by atoms with Crippen molar-refractivity contribution in [3.05, 3.63) is 59.2 Å². The van der Waals surface area contributed by atoms with Crippen molar-refractivity contribution in [1.82, 2.24) is 10.9 Å². The van der Waals surface area contributed by atoms with E-state index in [0.717, 1.165) is 6.42 Å². The van der Waals surface area contributed by atoms with Gasteiger partial charge in [0.2, 0.25) is 5.91 Å². The van der Waals surface area contributed by atoms with Crippen LogP contribution in [0.15, 0.2) is 42.5 Å². The van der Waals surface area contributed by atoms with Gasteiger partial charge in [-0.05, 0) is 43.5 Å². The summed E-state index contributed by atoms with van der Waals surface area (Å²) >= 11 is 0. The van der Waals surface area contributed by atoms with Crippen LogP contribution in [-0.2, 0) is 11.2 Å². The third kappa shape index (κ3) is 5.51. The Bertz CT molecular complexity index is 757. The summed E-state index contributed by atoms with van der Waals surface area (Å²) < 4.78 is 10.3. The maximum Gasteiger partial charge on any atom is 0.269 e. The summed E-state index contributed by atoms with van der Waals surface area (Å²) in [5.74, 6) is 0.331. The average Bonchev–Trinajstić information content (AvgIpc) is 2.67. The molecule has 0 saturated heterocycles. The first-order valence-electron chi connectivity index (χ1n) is 8.40. The van der Waals surface area contributed by atoms with E-state index in [4.69, 9.17) is 9.47 Å². The summed E-state index contributed by atoms with van der Waals surface area (Å²) in [6.07, 6.45) is 1.86. The van der Waals surface area contributed by atoms with Gasteiger partial charge in [-0.3, -0.25) is 20.4 Å². The predicted molar refractivity (Wildman–Crippen MR) is 99.3 cm³/mol. The first-order chi connectivity index (χ1) is 12.5. The van der Waals surface area contributed by atoms with Crippen molar-refractivity contribution in [2.24, 2.45) is 0 Å². The number of hydrogen-bond donors (Lipinski definition) is 2. The lowest BCUT2D eigenvalue weighted by Gasteiger charge is -2.10. The van der Waals surface area contributed by atoms with E-state index in [1.165, 1.54) is 25.3 Å². The van der Waals surface area contributed by atoms with E-state index in [2.05, 4.69) is 35.1 Å². The SMILES string of the molecule is COc1ccc(C(=O)NNC(=O)CCCc2ccc(C)cc2)cc1OC. The average molecular weight is 356 g/mol. The van der Waals surface area contributed by atoms with Gasteiger partial charge in [0.05, 0.1) is 14.2 Å². The summed E-state index contributed by atoms with van der Waals surface area (Å²) in [5.41, 5.74) is 7.61. The van der Waals surface area contributed by atoms with Crippen molar-refractivity contribution in [3.8, 4) is 11.5 Å². The molecule has 2 amide bonds. The number of carbonyl (C=O) groups excluding carboxylic acids is 2. The molecule has 0 aromatic heterocycles. The number of aryl methyl sites for hydroxylation is 2. The minimum Gasteiger partial charge on any atom is -0.493 e. The normalized spacial score (nSPS) is 10.1. The smallest absolute Gasteiger partial charge is 0.269 e. The fourth-order valence-corrected chi connectivity index (χ4v) is 2.45. The van der Waals surface area contributed by atoms with Gasteiger partial charge in [-0.1, -0.05) is 29.8 Å². The third-order valence-corrected chi connectivity index (χ3v) is 3.95. The summed E-state index contributed by atoms with van der Waals surface area (Å²) in [5, 5.41) is 0. The molecule has 0 heterocycles. The van der Waals surface area contributed by atoms with Gasteiger partial charge in [0.1, 0.15) is 0 Å². The molecule has 2 N–H and O–H groups in total. The molecule has 6 heteroatoms. The Morgan fingerprint density at radius 3 is 2.27 bits per heavy atom. The van der Waals surface area contributed by atoms with Crippen molar-refractivity contribution in [1.29, 1.82) is 0 Å². The van der Waals surface area contributed by atoms with Crippen LogP contribution in [0.4, 0.5) is 0 Å². The van der Waals surface area contributed by atoms with Crippen LogP contribution in [0, 0.1) is 6.92 Å². The zero-order valence-corrected chi connectivity index (χ0v) is 15.3. The summed E-state index contributed by atoms with van der Waals surface area (Å²) in [7, 11) is 3.02. The highest BCUT2D eigenvalue weighted by atomic mass is 16.5. The van der Waals surface area contributed by atoms with E-state index in [0.29, 0.717) is 29.9 Å². The molecule has 6 nitrogen and oxygen atoms in total. The highest BCUT2D eigenvalue weighted by molar-refractivity contribution is 5.96. The number of carbonyl (C=O) groups is 2. The van der Waals surface area contributed by atoms with Crippen LogP contribution in [0.3, 0.4) is 0 Å². The standard InChI is InChI=1S/C20H24N2O4/c1-14-7-9-15(10-8-14)5-4-6-19(23)21-22-20(24)16-11-12-17(25-2)18(13-16)26-3/h7-13H,4-6H2,1-3H3,(H,21,23)(H,22,24). The van der Waals surface area contributed by atoms with Crippen LogP contribution in [0.25, 0.3) is 0 Å². The summed E-state index contributed by atoms with van der Waals surface area (Å²) in [6, 6.07) is 13.0. The summed E-state index contributed by atoms with van der Waals surface area (Å²) in [4.78, 5) is 24.0. The largest absolute Gasteiger partial charge is 0.493 e. The van der Waals surface area contributed by atoms with E-state index in [9.17, 15) is 9.59 Å². The topological polar surface area (TPSA) is 76.7 Å². The van der Waals surface area contributed by atoms with E-state index in [1.807, 2.05) is 6.92 Å². The Morgan fingerprint density at radius 2 is 1.62 bits per heavy atom. The van der Waals surface area contributed by atoms with Crippen LogP contribution < -0.4 is 20.3 Å². The lowest BCUT2D eigenvalue weighted by atomic mass is 10.1. The number of hydrazine groups is 1. The molecule has 138 valence electrons. The molecule has 0 spiro atoms. The number of amides is 2. The fraction of sp³-hybridized carbons (Fsp3) is 0.300. The van der Waals surface area contributed by atoms with Gasteiger partial charge in [0, 0.05) is 12.0 Å². The van der Waals surface area contributed by atoms with E-state index < -0.39 is 5.91 Å². The number of ether oxygens (including phenoxy) is 2. The maximum absolute atomic E-state index is 12.1. The monoisotopic (exact) mass is 356 g/mol. The van der Waals surface area contributed by atoms with Crippen LogP contribution in [-0.4, -0.2) is 26.0 Å². The highest BCUT2D eigenvalue weighted by Gasteiger charge is 2.11. The molecule has 0 bridgehead atoms. The molecule has 0 fully saturated rings. The number of hydrogen-bond acceptors (Lipinski definition) is 4. The zero-order valence-electron chi connectivity index (χ0n) is 15.3. The molecule has 2 aromatic carbocycles. The lowest BCUT2D eigenvalue weighted by Crippen LogP contribution is -2.41. The molecule has 0 atom stereocenters. The molecule has 0 radical (unpaired) electrons. The predicted octanol–water partition coefficient (Wildman–Crippen LogP) is 2.80. The minimum absolute atomic E-state index is 0.231. The Morgan fingerprint density at radius 1 is 0.923 bits per heavy atom.